The highest BCUT2D eigenvalue weighted by atomic mass is 16.6. The van der Waals surface area contributed by atoms with Gasteiger partial charge in [0, 0.05) is 18.8 Å². The number of carbonyl (C=O) groups excluding carboxylic acids is 1. The first-order chi connectivity index (χ1) is 18.4. The number of rotatable bonds is 11. The van der Waals surface area contributed by atoms with Gasteiger partial charge in [-0.25, -0.2) is 14.8 Å². The Kier molecular flexibility index (Phi) is 8.61. The van der Waals surface area contributed by atoms with E-state index in [0.717, 1.165) is 11.1 Å². The number of hydrogen-bond acceptors (Lipinski definition) is 8. The normalized spacial score (nSPS) is 10.7. The van der Waals surface area contributed by atoms with Crippen LogP contribution in [0.3, 0.4) is 0 Å². The van der Waals surface area contributed by atoms with Crippen molar-refractivity contribution in [1.82, 2.24) is 9.97 Å². The van der Waals surface area contributed by atoms with E-state index in [1.54, 1.807) is 24.3 Å². The van der Waals surface area contributed by atoms with Gasteiger partial charge in [0.1, 0.15) is 6.33 Å². The molecule has 0 aliphatic carbocycles. The highest BCUT2D eigenvalue weighted by Gasteiger charge is 2.27. The summed E-state index contributed by atoms with van der Waals surface area (Å²) in [6.07, 6.45) is 1.31. The average molecular weight is 512 g/mol. The van der Waals surface area contributed by atoms with Crippen LogP contribution in [0.4, 0.5) is 23.0 Å². The van der Waals surface area contributed by atoms with Crippen LogP contribution >= 0.6 is 0 Å². The maximum Gasteiger partial charge on any atom is 0.353 e. The molecule has 194 valence electrons. The van der Waals surface area contributed by atoms with Crippen molar-refractivity contribution in [2.45, 2.75) is 26.9 Å². The SMILES string of the molecule is CC(C)COC(=O)c1ccc(Nc2ncnc(N(Cc3ccccc3)Cc3ccccc3)c2[N+](=O)[O-])cc1. The van der Waals surface area contributed by atoms with Gasteiger partial charge < -0.3 is 15.0 Å². The maximum absolute atomic E-state index is 12.3. The topological polar surface area (TPSA) is 110 Å². The van der Waals surface area contributed by atoms with Crippen molar-refractivity contribution < 1.29 is 14.5 Å². The highest BCUT2D eigenvalue weighted by Crippen LogP contribution is 2.35. The van der Waals surface area contributed by atoms with E-state index in [4.69, 9.17) is 4.74 Å². The maximum atomic E-state index is 12.3. The van der Waals surface area contributed by atoms with Crippen LogP contribution in [0.25, 0.3) is 0 Å². The Balaban J connectivity index is 1.63. The molecule has 0 spiro atoms. The molecule has 0 radical (unpaired) electrons. The largest absolute Gasteiger partial charge is 0.462 e. The molecular weight excluding hydrogens is 482 g/mol. The number of ether oxygens (including phenoxy) is 1. The quantitative estimate of drug-likeness (QED) is 0.145. The van der Waals surface area contributed by atoms with Gasteiger partial charge in [-0.15, -0.1) is 0 Å². The molecule has 3 aromatic carbocycles. The molecule has 0 amide bonds. The summed E-state index contributed by atoms with van der Waals surface area (Å²) < 4.78 is 5.26. The predicted octanol–water partition coefficient (Wildman–Crippen LogP) is 6.15. The lowest BCUT2D eigenvalue weighted by Crippen LogP contribution is -2.24. The number of benzene rings is 3. The Morgan fingerprint density at radius 2 is 1.50 bits per heavy atom. The summed E-state index contributed by atoms with van der Waals surface area (Å²) in [4.78, 5) is 34.4. The molecule has 0 atom stereocenters. The number of anilines is 3. The minimum atomic E-state index is -0.474. The number of nitrogens with one attached hydrogen (secondary N) is 1. The van der Waals surface area contributed by atoms with Crippen LogP contribution in [0.2, 0.25) is 0 Å². The first-order valence-electron chi connectivity index (χ1n) is 12.3. The van der Waals surface area contributed by atoms with E-state index < -0.39 is 10.9 Å². The Hall–Kier alpha value is -4.79. The fourth-order valence-corrected chi connectivity index (χ4v) is 3.83. The molecule has 1 N–H and O–H groups in total. The molecule has 4 aromatic rings. The standard InChI is InChI=1S/C29H29N5O4/c1-21(2)19-38-29(35)24-13-15-25(16-14-24)32-27-26(34(36)37)28(31-20-30-27)33(17-22-9-5-3-6-10-22)18-23-11-7-4-8-12-23/h3-16,20-21H,17-19H2,1-2H3,(H,30,31,32). The zero-order valence-electron chi connectivity index (χ0n) is 21.3. The Morgan fingerprint density at radius 1 is 0.921 bits per heavy atom. The van der Waals surface area contributed by atoms with Crippen LogP contribution in [0.1, 0.15) is 35.3 Å². The number of hydrogen-bond donors (Lipinski definition) is 1. The van der Waals surface area contributed by atoms with Crippen molar-refractivity contribution in [3.05, 3.63) is 118 Å². The van der Waals surface area contributed by atoms with Crippen LogP contribution in [0.5, 0.6) is 0 Å². The number of nitrogens with zero attached hydrogens (tertiary/aromatic N) is 4. The van der Waals surface area contributed by atoms with Crippen molar-refractivity contribution >= 4 is 29.0 Å². The molecule has 0 unspecified atom stereocenters. The Labute approximate surface area is 221 Å². The lowest BCUT2D eigenvalue weighted by atomic mass is 10.1. The molecule has 0 aliphatic heterocycles. The molecule has 9 nitrogen and oxygen atoms in total. The molecule has 1 heterocycles. The van der Waals surface area contributed by atoms with E-state index in [9.17, 15) is 14.9 Å². The summed E-state index contributed by atoms with van der Waals surface area (Å²) in [5.41, 5.74) is 2.68. The zero-order valence-corrected chi connectivity index (χ0v) is 21.3. The van der Waals surface area contributed by atoms with Crippen LogP contribution in [0.15, 0.2) is 91.3 Å². The Morgan fingerprint density at radius 3 is 2.03 bits per heavy atom. The second-order valence-corrected chi connectivity index (χ2v) is 9.17. The van der Waals surface area contributed by atoms with Crippen molar-refractivity contribution in [3.8, 4) is 0 Å². The third-order valence-corrected chi connectivity index (χ3v) is 5.65. The van der Waals surface area contributed by atoms with E-state index in [0.29, 0.717) is 30.9 Å². The summed E-state index contributed by atoms with van der Waals surface area (Å²) in [5, 5.41) is 15.3. The second-order valence-electron chi connectivity index (χ2n) is 9.17. The van der Waals surface area contributed by atoms with Crippen LogP contribution < -0.4 is 10.2 Å². The van der Waals surface area contributed by atoms with E-state index in [2.05, 4.69) is 15.3 Å². The van der Waals surface area contributed by atoms with Crippen LogP contribution in [0, 0.1) is 16.0 Å². The molecule has 0 aliphatic rings. The molecule has 0 saturated heterocycles. The molecule has 38 heavy (non-hydrogen) atoms. The number of carbonyl (C=O) groups is 1. The summed E-state index contributed by atoms with van der Waals surface area (Å²) in [6.45, 7) is 5.09. The monoisotopic (exact) mass is 511 g/mol. The van der Waals surface area contributed by atoms with Crippen LogP contribution in [-0.2, 0) is 17.8 Å². The minimum Gasteiger partial charge on any atom is -0.462 e. The van der Waals surface area contributed by atoms with Gasteiger partial charge in [0.05, 0.1) is 17.1 Å². The molecule has 4 rings (SSSR count). The highest BCUT2D eigenvalue weighted by molar-refractivity contribution is 5.90. The minimum absolute atomic E-state index is 0.0567. The zero-order chi connectivity index (χ0) is 26.9. The van der Waals surface area contributed by atoms with E-state index in [-0.39, 0.29) is 23.2 Å². The third kappa shape index (κ3) is 6.91. The lowest BCUT2D eigenvalue weighted by molar-refractivity contribution is -0.383. The van der Waals surface area contributed by atoms with Gasteiger partial charge in [0.25, 0.3) is 0 Å². The molecule has 9 heteroatoms. The second kappa shape index (κ2) is 12.4. The number of esters is 1. The first-order valence-corrected chi connectivity index (χ1v) is 12.3. The molecule has 0 fully saturated rings. The molecule has 1 aromatic heterocycles. The fraction of sp³-hybridized carbons (Fsp3) is 0.207. The van der Waals surface area contributed by atoms with Gasteiger partial charge in [-0.1, -0.05) is 74.5 Å². The summed E-state index contributed by atoms with van der Waals surface area (Å²) in [5.74, 6) is 0.0733. The van der Waals surface area contributed by atoms with Crippen molar-refractivity contribution in [1.29, 1.82) is 0 Å². The Bertz CT molecular complexity index is 1320. The number of aromatic nitrogens is 2. The van der Waals surface area contributed by atoms with Crippen molar-refractivity contribution in [2.75, 3.05) is 16.8 Å². The molecule has 0 bridgehead atoms. The van der Waals surface area contributed by atoms with Gasteiger partial charge in [-0.3, -0.25) is 10.1 Å². The van der Waals surface area contributed by atoms with Gasteiger partial charge in [-0.2, -0.15) is 0 Å². The first kappa shape index (κ1) is 26.3. The summed E-state index contributed by atoms with van der Waals surface area (Å²) in [6, 6.07) is 26.0. The third-order valence-electron chi connectivity index (χ3n) is 5.65. The van der Waals surface area contributed by atoms with Crippen molar-refractivity contribution in [2.24, 2.45) is 5.92 Å². The predicted molar refractivity (Wildman–Crippen MR) is 146 cm³/mol. The lowest BCUT2D eigenvalue weighted by Gasteiger charge is -2.24. The van der Waals surface area contributed by atoms with Gasteiger partial charge in [0.2, 0.25) is 11.6 Å². The summed E-state index contributed by atoms with van der Waals surface area (Å²) in [7, 11) is 0. The van der Waals surface area contributed by atoms with Crippen molar-refractivity contribution in [3.63, 3.8) is 0 Å². The smallest absolute Gasteiger partial charge is 0.353 e. The number of nitro groups is 1. The fourth-order valence-electron chi connectivity index (χ4n) is 3.83. The molecular formula is C29H29N5O4. The van der Waals surface area contributed by atoms with Gasteiger partial charge in [-0.05, 0) is 41.3 Å². The average Bonchev–Trinajstić information content (AvgIpc) is 2.92. The molecule has 0 saturated carbocycles. The summed E-state index contributed by atoms with van der Waals surface area (Å²) >= 11 is 0. The van der Waals surface area contributed by atoms with Gasteiger partial charge >= 0.3 is 11.7 Å². The van der Waals surface area contributed by atoms with E-state index in [1.165, 1.54) is 6.33 Å². The van der Waals surface area contributed by atoms with Crippen LogP contribution in [-0.4, -0.2) is 27.5 Å². The van der Waals surface area contributed by atoms with E-state index in [1.807, 2.05) is 79.4 Å². The van der Waals surface area contributed by atoms with E-state index >= 15 is 0 Å². The van der Waals surface area contributed by atoms with Gasteiger partial charge in [0.15, 0.2) is 0 Å².